The maximum Gasteiger partial charge on any atom is 0.435 e. The number of carbonyl (C=O) groups is 1. The van der Waals surface area contributed by atoms with Gasteiger partial charge in [-0.2, -0.15) is 31.4 Å². The molecule has 0 spiro atoms. The van der Waals surface area contributed by atoms with Crippen LogP contribution in [0.1, 0.15) is 45.6 Å². The molecule has 3 aromatic rings. The van der Waals surface area contributed by atoms with Crippen molar-refractivity contribution in [3.63, 3.8) is 0 Å². The number of alkyl halides is 6. The standard InChI is InChI=1S/C19H14F6N6O/c1-31-12(7-14(30-31)19(23,24)25)17(32)28-11-3-2-10-8-27-16(29-15(10)11)9-4-5-26-13(6-9)18(20,21)22/h4-8,11H,2-3H2,1H3,(H,28,32). The number of aromatic nitrogens is 5. The van der Waals surface area contributed by atoms with Crippen molar-refractivity contribution in [3.05, 3.63) is 58.9 Å². The van der Waals surface area contributed by atoms with Crippen LogP contribution in [0.15, 0.2) is 30.6 Å². The molecule has 0 saturated heterocycles. The molecule has 1 unspecified atom stereocenters. The third-order valence-electron chi connectivity index (χ3n) is 4.95. The van der Waals surface area contributed by atoms with E-state index in [4.69, 9.17) is 0 Å². The SMILES string of the molecule is Cn1nc(C(F)(F)F)cc1C(=O)NC1CCc2cnc(-c3ccnc(C(F)(F)F)c3)nc21. The molecule has 3 aromatic heterocycles. The molecule has 32 heavy (non-hydrogen) atoms. The maximum atomic E-state index is 12.9. The molecule has 0 radical (unpaired) electrons. The summed E-state index contributed by atoms with van der Waals surface area (Å²) in [7, 11) is 1.22. The number of carbonyl (C=O) groups excluding carboxylic acids is 1. The van der Waals surface area contributed by atoms with Gasteiger partial charge in [0.2, 0.25) is 0 Å². The number of hydrogen-bond donors (Lipinski definition) is 1. The first-order chi connectivity index (χ1) is 14.9. The quantitative estimate of drug-likeness (QED) is 0.608. The zero-order chi connectivity index (χ0) is 23.3. The van der Waals surface area contributed by atoms with Gasteiger partial charge in [0.15, 0.2) is 11.5 Å². The van der Waals surface area contributed by atoms with E-state index in [1.54, 1.807) is 0 Å². The number of amides is 1. The highest BCUT2D eigenvalue weighted by Crippen LogP contribution is 2.33. The summed E-state index contributed by atoms with van der Waals surface area (Å²) in [6.07, 6.45) is -5.98. The summed E-state index contributed by atoms with van der Waals surface area (Å²) in [4.78, 5) is 24.3. The van der Waals surface area contributed by atoms with Gasteiger partial charge in [0.25, 0.3) is 5.91 Å². The minimum atomic E-state index is -4.70. The minimum absolute atomic E-state index is 0.0117. The summed E-state index contributed by atoms with van der Waals surface area (Å²) < 4.78 is 78.2. The van der Waals surface area contributed by atoms with Crippen LogP contribution in [0.3, 0.4) is 0 Å². The second-order valence-corrected chi connectivity index (χ2v) is 7.13. The van der Waals surface area contributed by atoms with E-state index >= 15 is 0 Å². The summed E-state index contributed by atoms with van der Waals surface area (Å²) >= 11 is 0. The molecule has 7 nitrogen and oxygen atoms in total. The highest BCUT2D eigenvalue weighted by molar-refractivity contribution is 5.93. The van der Waals surface area contributed by atoms with Gasteiger partial charge in [-0.3, -0.25) is 14.5 Å². The van der Waals surface area contributed by atoms with Crippen molar-refractivity contribution >= 4 is 5.91 Å². The molecule has 13 heteroatoms. The Bertz CT molecular complexity index is 1190. The molecule has 1 amide bonds. The highest BCUT2D eigenvalue weighted by atomic mass is 19.4. The lowest BCUT2D eigenvalue weighted by molar-refractivity contribution is -0.142. The first-order valence-corrected chi connectivity index (χ1v) is 9.25. The van der Waals surface area contributed by atoms with Crippen molar-refractivity contribution in [2.24, 2.45) is 7.05 Å². The lowest BCUT2D eigenvalue weighted by Gasteiger charge is -2.14. The summed E-state index contributed by atoms with van der Waals surface area (Å²) in [6.45, 7) is 0. The third kappa shape index (κ3) is 4.14. The van der Waals surface area contributed by atoms with Crippen molar-refractivity contribution in [2.45, 2.75) is 31.2 Å². The Morgan fingerprint density at radius 3 is 2.47 bits per heavy atom. The van der Waals surface area contributed by atoms with E-state index in [0.29, 0.717) is 30.2 Å². The fourth-order valence-corrected chi connectivity index (χ4v) is 3.41. The zero-order valence-electron chi connectivity index (χ0n) is 16.3. The number of pyridine rings is 1. The Kier molecular flexibility index (Phi) is 5.13. The van der Waals surface area contributed by atoms with E-state index in [9.17, 15) is 31.1 Å². The van der Waals surface area contributed by atoms with E-state index in [-0.39, 0.29) is 17.1 Å². The topological polar surface area (TPSA) is 85.6 Å². The number of halogens is 6. The molecule has 1 aliphatic carbocycles. The predicted octanol–water partition coefficient (Wildman–Crippen LogP) is 3.73. The van der Waals surface area contributed by atoms with Crippen molar-refractivity contribution in [2.75, 3.05) is 0 Å². The van der Waals surface area contributed by atoms with Crippen LogP contribution in [0.5, 0.6) is 0 Å². The van der Waals surface area contributed by atoms with Gasteiger partial charge < -0.3 is 5.32 Å². The van der Waals surface area contributed by atoms with Gasteiger partial charge in [0.05, 0.1) is 11.7 Å². The van der Waals surface area contributed by atoms with Gasteiger partial charge in [0, 0.05) is 31.1 Å². The van der Waals surface area contributed by atoms with Gasteiger partial charge in [-0.15, -0.1) is 0 Å². The first kappa shape index (κ1) is 21.7. The van der Waals surface area contributed by atoms with E-state index in [1.165, 1.54) is 19.3 Å². The monoisotopic (exact) mass is 456 g/mol. The summed E-state index contributed by atoms with van der Waals surface area (Å²) in [5.41, 5.74) is -1.41. The van der Waals surface area contributed by atoms with E-state index in [1.807, 2.05) is 0 Å². The average Bonchev–Trinajstić information content (AvgIpc) is 3.30. The number of hydrogen-bond acceptors (Lipinski definition) is 5. The molecule has 1 N–H and O–H groups in total. The smallest absolute Gasteiger partial charge is 0.342 e. The molecule has 4 rings (SSSR count). The van der Waals surface area contributed by atoms with E-state index < -0.39 is 35.7 Å². The van der Waals surface area contributed by atoms with Crippen molar-refractivity contribution in [3.8, 4) is 11.4 Å². The normalized spacial score (nSPS) is 16.2. The fourth-order valence-electron chi connectivity index (χ4n) is 3.41. The van der Waals surface area contributed by atoms with Crippen LogP contribution < -0.4 is 5.32 Å². The fraction of sp³-hybridized carbons (Fsp3) is 0.316. The zero-order valence-corrected chi connectivity index (χ0v) is 16.3. The predicted molar refractivity (Wildman–Crippen MR) is 97.0 cm³/mol. The average molecular weight is 456 g/mol. The second kappa shape index (κ2) is 7.57. The molecule has 0 bridgehead atoms. The van der Waals surface area contributed by atoms with Crippen LogP contribution in [-0.2, 0) is 25.8 Å². The Morgan fingerprint density at radius 2 is 1.81 bits per heavy atom. The number of fused-ring (bicyclic) bond motifs is 1. The lowest BCUT2D eigenvalue weighted by atomic mass is 10.1. The third-order valence-corrected chi connectivity index (χ3v) is 4.95. The number of rotatable bonds is 3. The molecule has 168 valence electrons. The number of nitrogens with one attached hydrogen (secondary N) is 1. The second-order valence-electron chi connectivity index (χ2n) is 7.13. The van der Waals surface area contributed by atoms with E-state index in [0.717, 1.165) is 16.9 Å². The van der Waals surface area contributed by atoms with Crippen molar-refractivity contribution in [1.82, 2.24) is 30.0 Å². The van der Waals surface area contributed by atoms with Crippen molar-refractivity contribution < 1.29 is 31.1 Å². The lowest BCUT2D eigenvalue weighted by Crippen LogP contribution is -2.29. The van der Waals surface area contributed by atoms with Crippen LogP contribution in [-0.4, -0.2) is 30.6 Å². The Balaban J connectivity index is 1.60. The van der Waals surface area contributed by atoms with Gasteiger partial charge in [-0.05, 0) is 30.5 Å². The van der Waals surface area contributed by atoms with Gasteiger partial charge >= 0.3 is 12.4 Å². The van der Waals surface area contributed by atoms with Crippen LogP contribution >= 0.6 is 0 Å². The van der Waals surface area contributed by atoms with Gasteiger partial charge in [0.1, 0.15) is 11.4 Å². The largest absolute Gasteiger partial charge is 0.435 e. The van der Waals surface area contributed by atoms with E-state index in [2.05, 4.69) is 25.4 Å². The molecule has 1 aliphatic rings. The molecular weight excluding hydrogens is 442 g/mol. The molecule has 1 atom stereocenters. The number of nitrogens with zero attached hydrogens (tertiary/aromatic N) is 5. The summed E-state index contributed by atoms with van der Waals surface area (Å²) in [5, 5.41) is 5.93. The molecule has 0 aromatic carbocycles. The van der Waals surface area contributed by atoms with Crippen LogP contribution in [0.4, 0.5) is 26.3 Å². The highest BCUT2D eigenvalue weighted by Gasteiger charge is 2.36. The van der Waals surface area contributed by atoms with Crippen LogP contribution in [0.2, 0.25) is 0 Å². The molecule has 0 aliphatic heterocycles. The molecule has 0 fully saturated rings. The van der Waals surface area contributed by atoms with Gasteiger partial charge in [-0.1, -0.05) is 0 Å². The minimum Gasteiger partial charge on any atom is -0.342 e. The molecule has 3 heterocycles. The Labute approximate surface area is 176 Å². The maximum absolute atomic E-state index is 12.9. The Hall–Kier alpha value is -3.51. The summed E-state index contributed by atoms with van der Waals surface area (Å²) in [6, 6.07) is 2.14. The molecular formula is C19H14F6N6O. The first-order valence-electron chi connectivity index (χ1n) is 9.25. The number of aryl methyl sites for hydroxylation is 2. The van der Waals surface area contributed by atoms with Gasteiger partial charge in [-0.25, -0.2) is 9.97 Å². The van der Waals surface area contributed by atoms with Crippen LogP contribution in [0.25, 0.3) is 11.4 Å². The van der Waals surface area contributed by atoms with Crippen LogP contribution in [0, 0.1) is 0 Å². The Morgan fingerprint density at radius 1 is 1.09 bits per heavy atom. The summed E-state index contributed by atoms with van der Waals surface area (Å²) in [5.74, 6) is -0.769. The van der Waals surface area contributed by atoms with Crippen molar-refractivity contribution in [1.29, 1.82) is 0 Å². The molecule has 0 saturated carbocycles.